The fourth-order valence-electron chi connectivity index (χ4n) is 0. The second-order valence-electron chi connectivity index (χ2n) is 0. The van der Waals surface area contributed by atoms with E-state index in [2.05, 4.69) is 0 Å². The van der Waals surface area contributed by atoms with E-state index in [4.69, 9.17) is 0 Å². The zero-order chi connectivity index (χ0) is 0. The van der Waals surface area contributed by atoms with Crippen molar-refractivity contribution in [2.24, 2.45) is 0 Å². The number of hydrogen-bond donors (Lipinski definition) is 0. The van der Waals surface area contributed by atoms with Gasteiger partial charge in [0.15, 0.2) is 0 Å². The Bertz CT molecular complexity index is 8.00. The van der Waals surface area contributed by atoms with Crippen LogP contribution in [0.2, 0.25) is 0 Å². The third-order valence-corrected chi connectivity index (χ3v) is 0. The molecular formula is FeGaSmY+8. The topological polar surface area (TPSA) is 0 Å². The molecule has 0 aromatic carbocycles. The summed E-state index contributed by atoms with van der Waals surface area (Å²) in [5.74, 6) is 0. The Hall–Kier alpha value is 3.60. The van der Waals surface area contributed by atoms with E-state index in [1.54, 1.807) is 0 Å². The van der Waals surface area contributed by atoms with E-state index in [9.17, 15) is 0 Å². The van der Waals surface area contributed by atoms with Crippen LogP contribution in [0.1, 0.15) is 0 Å². The van der Waals surface area contributed by atoms with E-state index >= 15 is 0 Å². The molecule has 0 aromatic heterocycles. The first-order valence-electron chi connectivity index (χ1n) is 0. The van der Waals surface area contributed by atoms with E-state index in [1.165, 1.54) is 0 Å². The zero-order valence-electron chi connectivity index (χ0n) is 1.92. The summed E-state index contributed by atoms with van der Waals surface area (Å²) in [6.45, 7) is 0. The van der Waals surface area contributed by atoms with Crippen molar-refractivity contribution in [3.63, 3.8) is 0 Å². The Balaban J connectivity index is 0. The summed E-state index contributed by atoms with van der Waals surface area (Å²) in [7, 11) is 0. The van der Waals surface area contributed by atoms with Gasteiger partial charge in [0.05, 0.1) is 0 Å². The molecule has 0 amide bonds. The van der Waals surface area contributed by atoms with E-state index in [-0.39, 0.29) is 110 Å². The zero-order valence-corrected chi connectivity index (χ0v) is 10.9. The molecule has 4 heteroatoms. The summed E-state index contributed by atoms with van der Waals surface area (Å²) >= 11 is 0. The van der Waals surface area contributed by atoms with Gasteiger partial charge in [0.2, 0.25) is 0 Å². The molecule has 0 nitrogen and oxygen atoms in total. The minimum atomic E-state index is 0. The Morgan fingerprint density at radius 2 is 1.00 bits per heavy atom. The molecule has 0 aliphatic rings. The third kappa shape index (κ3) is 9.14. The maximum absolute atomic E-state index is 0. The first-order valence-corrected chi connectivity index (χ1v) is 0. The van der Waals surface area contributed by atoms with Crippen LogP contribution in [-0.2, 0) is 49.8 Å². The van der Waals surface area contributed by atoms with Crippen LogP contribution in [0.5, 0.6) is 0 Å². The average molecular weight is 365 g/mol. The largest absolute Gasteiger partial charge is 3.00 e. The summed E-state index contributed by atoms with van der Waals surface area (Å²) < 4.78 is 0. The van der Waals surface area contributed by atoms with E-state index in [1.807, 2.05) is 0 Å². The summed E-state index contributed by atoms with van der Waals surface area (Å²) in [6.07, 6.45) is 0. The van der Waals surface area contributed by atoms with Crippen molar-refractivity contribution in [1.82, 2.24) is 0 Å². The van der Waals surface area contributed by atoms with E-state index < -0.39 is 0 Å². The Labute approximate surface area is 107 Å². The third-order valence-electron chi connectivity index (χ3n) is 0. The fourth-order valence-corrected chi connectivity index (χ4v) is 0. The van der Waals surface area contributed by atoms with Gasteiger partial charge in [-0.3, -0.25) is 0 Å². The molecule has 0 rings (SSSR count). The van der Waals surface area contributed by atoms with Gasteiger partial charge in [-0.25, -0.2) is 0 Å². The quantitative estimate of drug-likeness (QED) is 0.514. The van der Waals surface area contributed by atoms with Gasteiger partial charge in [0.1, 0.15) is 0 Å². The summed E-state index contributed by atoms with van der Waals surface area (Å²) in [5.41, 5.74) is 0. The standard InChI is InChI=1S/Fe.Ga.Sm.Y/q+2;+3;;+3. The van der Waals surface area contributed by atoms with Crippen LogP contribution in [-0.4, -0.2) is 19.8 Å². The van der Waals surface area contributed by atoms with Crippen molar-refractivity contribution in [2.75, 3.05) is 0 Å². The fraction of sp³-hybridized carbons (Fsp3) is 0. The molecule has 0 N–H and O–H groups in total. The predicted octanol–water partition coefficient (Wildman–Crippen LogP) is -0.386. The van der Waals surface area contributed by atoms with Crippen LogP contribution < -0.4 is 0 Å². The average Bonchev–Trinajstić information content (AvgIpc) is 0. The van der Waals surface area contributed by atoms with Crippen LogP contribution in [0.3, 0.4) is 0 Å². The summed E-state index contributed by atoms with van der Waals surface area (Å²) in [5, 5.41) is 0. The molecule has 0 spiro atoms. The van der Waals surface area contributed by atoms with Crippen molar-refractivity contribution in [2.45, 2.75) is 0 Å². The molecule has 0 aliphatic heterocycles. The van der Waals surface area contributed by atoms with Crippen molar-refractivity contribution in [3.8, 4) is 0 Å². The Kier molecular flexibility index (Phi) is 102. The predicted molar refractivity (Wildman–Crippen MR) is 5.75 cm³/mol. The van der Waals surface area contributed by atoms with Crippen molar-refractivity contribution < 1.29 is 90.2 Å². The monoisotopic (exact) mass is 366 g/mol. The molecule has 0 heterocycles. The van der Waals surface area contributed by atoms with Gasteiger partial charge >= 0.3 is 69.6 Å². The molecule has 0 unspecified atom stereocenters. The van der Waals surface area contributed by atoms with Crippen LogP contribution in [0, 0.1) is 40.4 Å². The van der Waals surface area contributed by atoms with Crippen LogP contribution >= 0.6 is 0 Å². The minimum absolute atomic E-state index is 0. The van der Waals surface area contributed by atoms with Crippen LogP contribution in [0.4, 0.5) is 0 Å². The maximum atomic E-state index is 0. The summed E-state index contributed by atoms with van der Waals surface area (Å²) in [6, 6.07) is 0. The summed E-state index contributed by atoms with van der Waals surface area (Å²) in [4.78, 5) is 0. The minimum Gasteiger partial charge on any atom is 0 e. The first kappa shape index (κ1) is 25.6. The van der Waals surface area contributed by atoms with E-state index in [0.29, 0.717) is 0 Å². The molecule has 0 bridgehead atoms. The van der Waals surface area contributed by atoms with Gasteiger partial charge < -0.3 is 0 Å². The van der Waals surface area contributed by atoms with Gasteiger partial charge in [-0.15, -0.1) is 0 Å². The molecule has 0 atom stereocenters. The number of hydrogen-bond acceptors (Lipinski definition) is 0. The van der Waals surface area contributed by atoms with Crippen LogP contribution in [0.15, 0.2) is 0 Å². The van der Waals surface area contributed by atoms with Crippen molar-refractivity contribution in [3.05, 3.63) is 0 Å². The number of rotatable bonds is 0. The Morgan fingerprint density at radius 1 is 1.00 bits per heavy atom. The van der Waals surface area contributed by atoms with Gasteiger partial charge in [0, 0.05) is 40.4 Å². The molecule has 0 saturated carbocycles. The molecule has 0 radical (unpaired) electrons. The molecular weight excluding hydrogens is 365 g/mol. The van der Waals surface area contributed by atoms with Gasteiger partial charge in [-0.1, -0.05) is 0 Å². The first-order chi connectivity index (χ1) is 0. The molecule has 0 fully saturated rings. The SMILES string of the molecule is [Fe+2].[Ga+3].[Sm].[Y+3]. The molecule has 0 saturated heterocycles. The smallest absolute Gasteiger partial charge is 0 e. The van der Waals surface area contributed by atoms with E-state index in [0.717, 1.165) is 0 Å². The van der Waals surface area contributed by atoms with Crippen molar-refractivity contribution in [1.29, 1.82) is 0 Å². The maximum Gasteiger partial charge on any atom is 3.00 e. The second-order valence-corrected chi connectivity index (χ2v) is 0. The van der Waals surface area contributed by atoms with Gasteiger partial charge in [0.25, 0.3) is 0 Å². The Morgan fingerprint density at radius 3 is 1.00 bits per heavy atom. The second kappa shape index (κ2) is 16.0. The molecule has 0 aromatic rings. The van der Waals surface area contributed by atoms with Gasteiger partial charge in [-0.2, -0.15) is 0 Å². The molecule has 4 heavy (non-hydrogen) atoms. The van der Waals surface area contributed by atoms with Gasteiger partial charge in [-0.05, 0) is 0 Å². The molecule has 0 aliphatic carbocycles. The normalized spacial score (nSPS) is 0. The van der Waals surface area contributed by atoms with Crippen molar-refractivity contribution >= 4 is 19.8 Å². The molecule has 12 valence electrons. The van der Waals surface area contributed by atoms with Crippen LogP contribution in [0.25, 0.3) is 0 Å².